The van der Waals surface area contributed by atoms with Crippen LogP contribution in [-0.2, 0) is 0 Å². The van der Waals surface area contributed by atoms with Gasteiger partial charge in [-0.25, -0.2) is 13.6 Å². The van der Waals surface area contributed by atoms with Gasteiger partial charge in [-0.05, 0) is 30.3 Å². The van der Waals surface area contributed by atoms with Crippen molar-refractivity contribution in [2.24, 2.45) is 0 Å². The quantitative estimate of drug-likeness (QED) is 0.659. The summed E-state index contributed by atoms with van der Waals surface area (Å²) in [6.45, 7) is 0.282. The summed E-state index contributed by atoms with van der Waals surface area (Å²) in [4.78, 5) is 11.7. The Morgan fingerprint density at radius 1 is 1.15 bits per heavy atom. The normalized spacial score (nSPS) is 10.4. The van der Waals surface area contributed by atoms with E-state index >= 15 is 0 Å². The lowest BCUT2D eigenvalue weighted by atomic mass is 10.3. The molecule has 0 spiro atoms. The molecule has 7 nitrogen and oxygen atoms in total. The molecule has 0 atom stereocenters. The Bertz CT molecular complexity index is 870. The van der Waals surface area contributed by atoms with E-state index in [9.17, 15) is 13.6 Å². The molecule has 0 bridgehead atoms. The van der Waals surface area contributed by atoms with E-state index < -0.39 is 17.7 Å². The van der Waals surface area contributed by atoms with Crippen molar-refractivity contribution in [3.8, 4) is 17.3 Å². The number of hydrogen-bond donors (Lipinski definition) is 2. The van der Waals surface area contributed by atoms with Crippen LogP contribution in [0.1, 0.15) is 0 Å². The van der Waals surface area contributed by atoms with Crippen LogP contribution >= 0.6 is 0 Å². The van der Waals surface area contributed by atoms with Crippen LogP contribution in [0.15, 0.2) is 53.1 Å². The third kappa shape index (κ3) is 4.53. The number of furan rings is 1. The number of halogens is 2. The maximum absolute atomic E-state index is 13.4. The van der Waals surface area contributed by atoms with Gasteiger partial charge in [-0.2, -0.15) is 0 Å². The molecule has 9 heteroatoms. The molecule has 0 aliphatic rings. The van der Waals surface area contributed by atoms with Crippen molar-refractivity contribution < 1.29 is 22.7 Å². The first kappa shape index (κ1) is 17.3. The van der Waals surface area contributed by atoms with Gasteiger partial charge in [0, 0.05) is 12.1 Å². The Balaban J connectivity index is 1.41. The predicted molar refractivity (Wildman–Crippen MR) is 88.6 cm³/mol. The summed E-state index contributed by atoms with van der Waals surface area (Å²) in [7, 11) is 0. The number of anilines is 1. The molecule has 0 aliphatic carbocycles. The van der Waals surface area contributed by atoms with Crippen LogP contribution in [0.25, 0.3) is 11.5 Å². The number of carbonyl (C=O) groups is 1. The average Bonchev–Trinajstić information content (AvgIpc) is 3.16. The number of rotatable bonds is 6. The summed E-state index contributed by atoms with van der Waals surface area (Å²) in [6.07, 6.45) is 1.54. The van der Waals surface area contributed by atoms with Crippen LogP contribution in [0.5, 0.6) is 5.88 Å². The average molecular weight is 360 g/mol. The number of benzene rings is 1. The lowest BCUT2D eigenvalue weighted by molar-refractivity contribution is 0.246. The van der Waals surface area contributed by atoms with Crippen molar-refractivity contribution in [3.63, 3.8) is 0 Å². The van der Waals surface area contributed by atoms with Crippen LogP contribution in [0.2, 0.25) is 0 Å². The molecule has 0 fully saturated rings. The first-order valence-electron chi connectivity index (χ1n) is 7.62. The molecule has 0 unspecified atom stereocenters. The SMILES string of the molecule is O=C(NCCOc1ccc(-c2ccco2)nn1)Nc1ccc(F)cc1F. The van der Waals surface area contributed by atoms with E-state index in [0.29, 0.717) is 17.5 Å². The third-order valence-electron chi connectivity index (χ3n) is 3.23. The van der Waals surface area contributed by atoms with Gasteiger partial charge < -0.3 is 19.8 Å². The molecular formula is C17H14F2N4O3. The van der Waals surface area contributed by atoms with E-state index in [4.69, 9.17) is 9.15 Å². The second-order valence-electron chi connectivity index (χ2n) is 5.09. The van der Waals surface area contributed by atoms with E-state index in [1.54, 1.807) is 24.3 Å². The molecule has 2 amide bonds. The maximum Gasteiger partial charge on any atom is 0.319 e. The first-order chi connectivity index (χ1) is 12.6. The van der Waals surface area contributed by atoms with Gasteiger partial charge in [-0.15, -0.1) is 10.2 Å². The smallest absolute Gasteiger partial charge is 0.319 e. The monoisotopic (exact) mass is 360 g/mol. The summed E-state index contributed by atoms with van der Waals surface area (Å²) >= 11 is 0. The predicted octanol–water partition coefficient (Wildman–Crippen LogP) is 3.22. The first-order valence-corrected chi connectivity index (χ1v) is 7.62. The summed E-state index contributed by atoms with van der Waals surface area (Å²) in [5.41, 5.74) is 0.449. The van der Waals surface area contributed by atoms with Crippen LogP contribution in [-0.4, -0.2) is 29.4 Å². The fourth-order valence-electron chi connectivity index (χ4n) is 2.03. The largest absolute Gasteiger partial charge is 0.475 e. The Morgan fingerprint density at radius 3 is 2.73 bits per heavy atom. The number of nitrogens with zero attached hydrogens (tertiary/aromatic N) is 2. The van der Waals surface area contributed by atoms with Crippen LogP contribution < -0.4 is 15.4 Å². The van der Waals surface area contributed by atoms with Gasteiger partial charge in [0.25, 0.3) is 0 Å². The van der Waals surface area contributed by atoms with E-state index in [0.717, 1.165) is 12.1 Å². The number of nitrogens with one attached hydrogen (secondary N) is 2. The van der Waals surface area contributed by atoms with Crippen molar-refractivity contribution in [1.29, 1.82) is 0 Å². The number of ether oxygens (including phenoxy) is 1. The van der Waals surface area contributed by atoms with Gasteiger partial charge in [0.1, 0.15) is 23.9 Å². The molecule has 0 aliphatic heterocycles. The molecular weight excluding hydrogens is 346 g/mol. The van der Waals surface area contributed by atoms with Gasteiger partial charge >= 0.3 is 6.03 Å². The Labute approximate surface area is 147 Å². The van der Waals surface area contributed by atoms with Gasteiger partial charge in [0.15, 0.2) is 5.76 Å². The number of aromatic nitrogens is 2. The minimum absolute atomic E-state index is 0.121. The van der Waals surface area contributed by atoms with E-state index in [-0.39, 0.29) is 24.7 Å². The van der Waals surface area contributed by atoms with E-state index in [1.807, 2.05) is 0 Å². The second-order valence-corrected chi connectivity index (χ2v) is 5.09. The fourth-order valence-corrected chi connectivity index (χ4v) is 2.03. The van der Waals surface area contributed by atoms with E-state index in [1.165, 1.54) is 6.26 Å². The van der Waals surface area contributed by atoms with Crippen LogP contribution in [0, 0.1) is 11.6 Å². The molecule has 134 valence electrons. The van der Waals surface area contributed by atoms with Gasteiger partial charge in [-0.1, -0.05) is 0 Å². The van der Waals surface area contributed by atoms with Crippen molar-refractivity contribution in [2.75, 3.05) is 18.5 Å². The highest BCUT2D eigenvalue weighted by molar-refractivity contribution is 5.89. The Hall–Kier alpha value is -3.49. The molecule has 3 aromatic rings. The molecule has 2 N–H and O–H groups in total. The van der Waals surface area contributed by atoms with Crippen molar-refractivity contribution in [1.82, 2.24) is 15.5 Å². The van der Waals surface area contributed by atoms with Gasteiger partial charge in [0.2, 0.25) is 5.88 Å². The molecule has 1 aromatic carbocycles. The topological polar surface area (TPSA) is 89.3 Å². The lowest BCUT2D eigenvalue weighted by Crippen LogP contribution is -2.32. The number of amides is 2. The number of carbonyl (C=O) groups excluding carboxylic acids is 1. The Kier molecular flexibility index (Phi) is 5.37. The number of hydrogen-bond acceptors (Lipinski definition) is 5. The van der Waals surface area contributed by atoms with Crippen LogP contribution in [0.4, 0.5) is 19.3 Å². The minimum Gasteiger partial charge on any atom is -0.475 e. The second kappa shape index (κ2) is 8.06. The van der Waals surface area contributed by atoms with E-state index in [2.05, 4.69) is 20.8 Å². The minimum atomic E-state index is -0.858. The zero-order valence-electron chi connectivity index (χ0n) is 13.4. The molecule has 0 saturated heterocycles. The summed E-state index contributed by atoms with van der Waals surface area (Å²) in [5.74, 6) is -0.702. The van der Waals surface area contributed by atoms with Crippen molar-refractivity contribution in [2.45, 2.75) is 0 Å². The standard InChI is InChI=1S/C17H14F2N4O3/c18-11-3-4-13(12(19)10-11)21-17(24)20-7-9-26-16-6-5-14(22-23-16)15-2-1-8-25-15/h1-6,8,10H,7,9H2,(H2,20,21,24). The molecule has 26 heavy (non-hydrogen) atoms. The summed E-state index contributed by atoms with van der Waals surface area (Å²) < 4.78 is 36.8. The molecule has 0 radical (unpaired) electrons. The van der Waals surface area contributed by atoms with Crippen LogP contribution in [0.3, 0.4) is 0 Å². The van der Waals surface area contributed by atoms with Crippen molar-refractivity contribution >= 4 is 11.7 Å². The van der Waals surface area contributed by atoms with Crippen molar-refractivity contribution in [3.05, 3.63) is 60.4 Å². The molecule has 2 heterocycles. The van der Waals surface area contributed by atoms with Gasteiger partial charge in [-0.3, -0.25) is 0 Å². The Morgan fingerprint density at radius 2 is 2.04 bits per heavy atom. The highest BCUT2D eigenvalue weighted by Gasteiger charge is 2.08. The zero-order valence-corrected chi connectivity index (χ0v) is 13.4. The highest BCUT2D eigenvalue weighted by Crippen LogP contribution is 2.17. The molecule has 0 saturated carbocycles. The fraction of sp³-hybridized carbons (Fsp3) is 0.118. The highest BCUT2D eigenvalue weighted by atomic mass is 19.1. The third-order valence-corrected chi connectivity index (χ3v) is 3.23. The molecule has 2 aromatic heterocycles. The maximum atomic E-state index is 13.4. The summed E-state index contributed by atoms with van der Waals surface area (Å²) in [5, 5.41) is 12.6. The zero-order chi connectivity index (χ0) is 18.4. The lowest BCUT2D eigenvalue weighted by Gasteiger charge is -2.09. The summed E-state index contributed by atoms with van der Waals surface area (Å²) in [6, 6.07) is 9.05. The van der Waals surface area contributed by atoms with Gasteiger partial charge in [0.05, 0.1) is 18.5 Å². The number of urea groups is 1. The molecule has 3 rings (SSSR count).